The van der Waals surface area contributed by atoms with Crippen molar-refractivity contribution in [2.75, 3.05) is 11.9 Å². The first-order valence-electron chi connectivity index (χ1n) is 9.88. The number of rotatable bonds is 6. The molecule has 0 saturated heterocycles. The number of hydrogen-bond donors (Lipinski definition) is 1. The molecule has 4 heterocycles. The average Bonchev–Trinajstić information content (AvgIpc) is 3.43. The predicted molar refractivity (Wildman–Crippen MR) is 117 cm³/mol. The minimum Gasteiger partial charge on any atom is -0.465 e. The normalized spacial score (nSPS) is 13.1. The fraction of sp³-hybridized carbons (Fsp3) is 0.217. The van der Waals surface area contributed by atoms with Gasteiger partial charge in [0.1, 0.15) is 16.8 Å². The Kier molecular flexibility index (Phi) is 6.24. The second-order valence-corrected chi connectivity index (χ2v) is 8.19. The molecule has 1 aliphatic heterocycles. The lowest BCUT2D eigenvalue weighted by molar-refractivity contribution is -0.132. The van der Waals surface area contributed by atoms with Gasteiger partial charge in [-0.15, -0.1) is 11.3 Å². The van der Waals surface area contributed by atoms with Gasteiger partial charge in [0.05, 0.1) is 18.4 Å². The van der Waals surface area contributed by atoms with Gasteiger partial charge < -0.3 is 14.6 Å². The Morgan fingerprint density at radius 3 is 3.00 bits per heavy atom. The van der Waals surface area contributed by atoms with E-state index in [-0.39, 0.29) is 11.8 Å². The summed E-state index contributed by atoms with van der Waals surface area (Å²) >= 11 is 1.36. The van der Waals surface area contributed by atoms with Gasteiger partial charge in [-0.25, -0.2) is 0 Å². The molecule has 31 heavy (non-hydrogen) atoms. The lowest BCUT2D eigenvalue weighted by atomic mass is 10.0. The Morgan fingerprint density at radius 1 is 1.35 bits per heavy atom. The zero-order valence-electron chi connectivity index (χ0n) is 16.7. The summed E-state index contributed by atoms with van der Waals surface area (Å²) in [7, 11) is 0. The molecule has 0 unspecified atom stereocenters. The van der Waals surface area contributed by atoms with Crippen molar-refractivity contribution in [3.63, 3.8) is 0 Å². The summed E-state index contributed by atoms with van der Waals surface area (Å²) in [5.41, 5.74) is 2.44. The third-order valence-electron chi connectivity index (χ3n) is 5.05. The average molecular weight is 433 g/mol. The van der Waals surface area contributed by atoms with Gasteiger partial charge in [0, 0.05) is 36.3 Å². The number of nitrogens with zero attached hydrogens (tertiary/aromatic N) is 3. The van der Waals surface area contributed by atoms with E-state index in [9.17, 15) is 14.9 Å². The molecule has 0 bridgehead atoms. The van der Waals surface area contributed by atoms with E-state index in [0.29, 0.717) is 48.7 Å². The topological polar surface area (TPSA) is 99.2 Å². The van der Waals surface area contributed by atoms with Crippen molar-refractivity contribution in [3.05, 3.63) is 76.3 Å². The minimum absolute atomic E-state index is 0.0772. The number of fused-ring (bicyclic) bond motifs is 1. The molecular formula is C23H20N4O3S. The quantitative estimate of drug-likeness (QED) is 0.598. The van der Waals surface area contributed by atoms with Gasteiger partial charge in [0.2, 0.25) is 11.8 Å². The number of carbonyl (C=O) groups is 2. The van der Waals surface area contributed by atoms with Crippen molar-refractivity contribution in [2.24, 2.45) is 0 Å². The molecule has 7 nitrogen and oxygen atoms in total. The number of anilines is 1. The first kappa shape index (κ1) is 20.6. The molecule has 0 saturated carbocycles. The molecular weight excluding hydrogens is 412 g/mol. The van der Waals surface area contributed by atoms with Crippen molar-refractivity contribution in [3.8, 4) is 6.07 Å². The highest BCUT2D eigenvalue weighted by Crippen LogP contribution is 2.36. The first-order valence-corrected chi connectivity index (χ1v) is 10.7. The lowest BCUT2D eigenvalue weighted by Gasteiger charge is -2.27. The Bertz CT molecular complexity index is 1140. The Balaban J connectivity index is 1.41. The zero-order chi connectivity index (χ0) is 21.6. The van der Waals surface area contributed by atoms with Crippen LogP contribution in [-0.2, 0) is 29.0 Å². The molecule has 0 aliphatic carbocycles. The second kappa shape index (κ2) is 9.41. The highest BCUT2D eigenvalue weighted by Gasteiger charge is 2.27. The van der Waals surface area contributed by atoms with E-state index in [0.717, 1.165) is 16.0 Å². The molecule has 0 atom stereocenters. The number of amides is 2. The van der Waals surface area contributed by atoms with E-state index in [2.05, 4.69) is 16.4 Å². The third-order valence-corrected chi connectivity index (χ3v) is 6.18. The van der Waals surface area contributed by atoms with E-state index < -0.39 is 0 Å². The van der Waals surface area contributed by atoms with E-state index in [4.69, 9.17) is 4.42 Å². The Morgan fingerprint density at radius 2 is 2.26 bits per heavy atom. The summed E-state index contributed by atoms with van der Waals surface area (Å²) in [6.45, 7) is 1.02. The molecule has 1 aliphatic rings. The van der Waals surface area contributed by atoms with Crippen LogP contribution in [0.15, 0.2) is 53.4 Å². The van der Waals surface area contributed by atoms with E-state index in [1.807, 2.05) is 17.0 Å². The van der Waals surface area contributed by atoms with Gasteiger partial charge in [-0.3, -0.25) is 14.6 Å². The van der Waals surface area contributed by atoms with Gasteiger partial charge in [-0.05, 0) is 48.2 Å². The van der Waals surface area contributed by atoms with Gasteiger partial charge in [-0.1, -0.05) is 6.07 Å². The van der Waals surface area contributed by atoms with Crippen molar-refractivity contribution in [2.45, 2.75) is 25.8 Å². The summed E-state index contributed by atoms with van der Waals surface area (Å²) in [4.78, 5) is 31.8. The predicted octanol–water partition coefficient (Wildman–Crippen LogP) is 3.78. The maximum absolute atomic E-state index is 12.7. The fourth-order valence-corrected chi connectivity index (χ4v) is 4.69. The molecule has 0 fully saturated rings. The number of hydrogen-bond acceptors (Lipinski definition) is 6. The van der Waals surface area contributed by atoms with Crippen LogP contribution in [0.5, 0.6) is 0 Å². The summed E-state index contributed by atoms with van der Waals surface area (Å²) < 4.78 is 5.17. The Hall–Kier alpha value is -3.70. The highest BCUT2D eigenvalue weighted by atomic mass is 32.1. The Labute approximate surface area is 183 Å². The van der Waals surface area contributed by atoms with Crippen LogP contribution in [-0.4, -0.2) is 28.2 Å². The van der Waals surface area contributed by atoms with Crippen molar-refractivity contribution in [1.82, 2.24) is 9.88 Å². The number of aryl methyl sites for hydroxylation is 1. The fourth-order valence-electron chi connectivity index (χ4n) is 3.48. The maximum Gasteiger partial charge on any atom is 0.249 e. The number of thiophene rings is 1. The first-order chi connectivity index (χ1) is 15.1. The second-order valence-electron chi connectivity index (χ2n) is 7.08. The summed E-state index contributed by atoms with van der Waals surface area (Å²) in [6, 6.07) is 9.52. The van der Waals surface area contributed by atoms with Gasteiger partial charge >= 0.3 is 0 Å². The van der Waals surface area contributed by atoms with Crippen molar-refractivity contribution in [1.29, 1.82) is 5.26 Å². The molecule has 8 heteroatoms. The number of aromatic nitrogens is 1. The van der Waals surface area contributed by atoms with Crippen LogP contribution in [0, 0.1) is 11.3 Å². The summed E-state index contributed by atoms with van der Waals surface area (Å²) in [6.07, 6.45) is 9.62. The number of pyridine rings is 1. The van der Waals surface area contributed by atoms with Crippen molar-refractivity contribution < 1.29 is 14.0 Å². The van der Waals surface area contributed by atoms with E-state index in [1.54, 1.807) is 30.6 Å². The molecule has 0 spiro atoms. The van der Waals surface area contributed by atoms with Crippen LogP contribution in [0.3, 0.4) is 0 Å². The molecule has 3 aromatic rings. The molecule has 4 rings (SSSR count). The SMILES string of the molecule is N#Cc1c(NC(=O)C=Cc2ccco2)sc2c1CCN(C(=O)CCc1cccnc1)C2. The smallest absolute Gasteiger partial charge is 0.249 e. The molecule has 0 radical (unpaired) electrons. The van der Waals surface area contributed by atoms with Gasteiger partial charge in [0.15, 0.2) is 0 Å². The highest BCUT2D eigenvalue weighted by molar-refractivity contribution is 7.16. The molecule has 1 N–H and O–H groups in total. The molecule has 156 valence electrons. The van der Waals surface area contributed by atoms with Crippen LogP contribution in [0.4, 0.5) is 5.00 Å². The lowest BCUT2D eigenvalue weighted by Crippen LogP contribution is -2.35. The summed E-state index contributed by atoms with van der Waals surface area (Å²) in [5, 5.41) is 12.9. The number of furan rings is 1. The monoisotopic (exact) mass is 432 g/mol. The number of carbonyl (C=O) groups excluding carboxylic acids is 2. The number of nitriles is 1. The van der Waals surface area contributed by atoms with E-state index in [1.165, 1.54) is 23.7 Å². The summed E-state index contributed by atoms with van der Waals surface area (Å²) in [5.74, 6) is 0.311. The zero-order valence-corrected chi connectivity index (χ0v) is 17.5. The number of nitrogens with one attached hydrogen (secondary N) is 1. The van der Waals surface area contributed by atoms with E-state index >= 15 is 0 Å². The molecule has 2 amide bonds. The van der Waals surface area contributed by atoms with Gasteiger partial charge in [0.25, 0.3) is 0 Å². The maximum atomic E-state index is 12.7. The largest absolute Gasteiger partial charge is 0.465 e. The van der Waals surface area contributed by atoms with Crippen molar-refractivity contribution >= 4 is 34.2 Å². The molecule has 3 aromatic heterocycles. The van der Waals surface area contributed by atoms with Crippen LogP contribution >= 0.6 is 11.3 Å². The van der Waals surface area contributed by atoms with Crippen LogP contribution in [0.25, 0.3) is 6.08 Å². The van der Waals surface area contributed by atoms with Crippen LogP contribution in [0.1, 0.15) is 33.7 Å². The van der Waals surface area contributed by atoms with Gasteiger partial charge in [-0.2, -0.15) is 5.26 Å². The third kappa shape index (κ3) is 4.90. The van der Waals surface area contributed by atoms with Crippen LogP contribution < -0.4 is 5.32 Å². The standard InChI is InChI=1S/C23H20N4O3S/c24-13-19-18-9-11-27(22(29)8-5-16-3-1-10-25-14-16)15-20(18)31-23(19)26-21(28)7-6-17-4-2-12-30-17/h1-4,6-7,10,12,14H,5,8-9,11,15H2,(H,26,28). The molecule has 0 aromatic carbocycles. The van der Waals surface area contributed by atoms with Crippen LogP contribution in [0.2, 0.25) is 0 Å². The minimum atomic E-state index is -0.337.